The van der Waals surface area contributed by atoms with Crippen LogP contribution in [0.25, 0.3) is 17.4 Å². The van der Waals surface area contributed by atoms with Gasteiger partial charge in [-0.2, -0.15) is 0 Å². The summed E-state index contributed by atoms with van der Waals surface area (Å²) in [6.07, 6.45) is 4.06. The Balaban J connectivity index is 1.55. The summed E-state index contributed by atoms with van der Waals surface area (Å²) in [5, 5.41) is 6.57. The van der Waals surface area contributed by atoms with Gasteiger partial charge in [0.1, 0.15) is 11.5 Å². The number of amides is 1. The minimum Gasteiger partial charge on any atom is -0.457 e. The Kier molecular flexibility index (Phi) is 7.66. The Hall–Kier alpha value is -2.89. The molecule has 0 aliphatic heterocycles. The van der Waals surface area contributed by atoms with Crippen LogP contribution >= 0.6 is 23.8 Å². The first-order chi connectivity index (χ1) is 14.9. The van der Waals surface area contributed by atoms with Crippen LogP contribution < -0.4 is 10.6 Å². The van der Waals surface area contributed by atoms with Crippen molar-refractivity contribution >= 4 is 46.6 Å². The van der Waals surface area contributed by atoms with Crippen LogP contribution in [0, 0.1) is 6.92 Å². The molecular formula is C25H25ClN2O2S. The highest BCUT2D eigenvalue weighted by Crippen LogP contribution is 2.27. The fraction of sp³-hybridized carbons (Fsp3) is 0.200. The molecule has 31 heavy (non-hydrogen) atoms. The van der Waals surface area contributed by atoms with E-state index in [0.29, 0.717) is 22.5 Å². The van der Waals surface area contributed by atoms with E-state index >= 15 is 0 Å². The SMILES string of the molecule is CC[C@@H](C)c1ccc(NC(=S)NC(=O)/C=C/c2ccc(-c3ccc(C)c(Cl)c3)o2)cc1. The molecule has 0 aliphatic rings. The van der Waals surface area contributed by atoms with E-state index < -0.39 is 0 Å². The molecule has 1 amide bonds. The van der Waals surface area contributed by atoms with Crippen molar-refractivity contribution < 1.29 is 9.21 Å². The van der Waals surface area contributed by atoms with E-state index in [1.807, 2.05) is 43.3 Å². The Bertz CT molecular complexity index is 1100. The number of carbonyl (C=O) groups is 1. The van der Waals surface area contributed by atoms with Gasteiger partial charge in [-0.1, -0.05) is 49.7 Å². The van der Waals surface area contributed by atoms with Gasteiger partial charge in [0.05, 0.1) is 0 Å². The van der Waals surface area contributed by atoms with Crippen molar-refractivity contribution in [2.75, 3.05) is 5.32 Å². The number of nitrogens with one attached hydrogen (secondary N) is 2. The normalized spacial score (nSPS) is 12.0. The maximum Gasteiger partial charge on any atom is 0.250 e. The third-order valence-corrected chi connectivity index (χ3v) is 5.68. The van der Waals surface area contributed by atoms with Crippen LogP contribution in [0.5, 0.6) is 0 Å². The summed E-state index contributed by atoms with van der Waals surface area (Å²) >= 11 is 11.4. The summed E-state index contributed by atoms with van der Waals surface area (Å²) in [5.41, 5.74) is 3.99. The summed E-state index contributed by atoms with van der Waals surface area (Å²) in [4.78, 5) is 12.2. The van der Waals surface area contributed by atoms with Gasteiger partial charge in [-0.15, -0.1) is 0 Å². The van der Waals surface area contributed by atoms with E-state index in [-0.39, 0.29) is 11.0 Å². The number of aryl methyl sites for hydroxylation is 1. The van der Waals surface area contributed by atoms with Crippen molar-refractivity contribution in [3.8, 4) is 11.3 Å². The Morgan fingerprint density at radius 3 is 2.58 bits per heavy atom. The van der Waals surface area contributed by atoms with E-state index in [2.05, 4.69) is 36.6 Å². The molecule has 2 N–H and O–H groups in total. The molecule has 1 heterocycles. The lowest BCUT2D eigenvalue weighted by Crippen LogP contribution is -2.32. The van der Waals surface area contributed by atoms with Crippen molar-refractivity contribution in [1.29, 1.82) is 0 Å². The van der Waals surface area contributed by atoms with E-state index in [1.54, 1.807) is 12.1 Å². The molecule has 160 valence electrons. The van der Waals surface area contributed by atoms with Crippen molar-refractivity contribution in [2.24, 2.45) is 0 Å². The van der Waals surface area contributed by atoms with Gasteiger partial charge >= 0.3 is 0 Å². The molecule has 0 spiro atoms. The fourth-order valence-corrected chi connectivity index (χ4v) is 3.35. The topological polar surface area (TPSA) is 54.3 Å². The molecule has 3 aromatic rings. The third kappa shape index (κ3) is 6.29. The molecule has 0 bridgehead atoms. The molecule has 0 saturated carbocycles. The lowest BCUT2D eigenvalue weighted by molar-refractivity contribution is -0.115. The highest BCUT2D eigenvalue weighted by Gasteiger charge is 2.07. The third-order valence-electron chi connectivity index (χ3n) is 5.07. The average Bonchev–Trinajstić information content (AvgIpc) is 3.23. The summed E-state index contributed by atoms with van der Waals surface area (Å²) in [5.74, 6) is 1.40. The molecule has 0 unspecified atom stereocenters. The number of hydrogen-bond acceptors (Lipinski definition) is 3. The maximum absolute atomic E-state index is 12.2. The summed E-state index contributed by atoms with van der Waals surface area (Å²) in [6, 6.07) is 17.4. The first-order valence-electron chi connectivity index (χ1n) is 10.1. The van der Waals surface area contributed by atoms with Gasteiger partial charge in [0.15, 0.2) is 5.11 Å². The Labute approximate surface area is 193 Å². The van der Waals surface area contributed by atoms with Crippen molar-refractivity contribution in [2.45, 2.75) is 33.1 Å². The van der Waals surface area contributed by atoms with Crippen LogP contribution in [0.4, 0.5) is 5.69 Å². The zero-order chi connectivity index (χ0) is 22.4. The minimum atomic E-state index is -0.343. The second-order valence-corrected chi connectivity index (χ2v) is 8.19. The number of furan rings is 1. The lowest BCUT2D eigenvalue weighted by atomic mass is 9.99. The predicted octanol–water partition coefficient (Wildman–Crippen LogP) is 6.95. The van der Waals surface area contributed by atoms with E-state index in [1.165, 1.54) is 11.6 Å². The molecular weight excluding hydrogens is 428 g/mol. The summed E-state index contributed by atoms with van der Waals surface area (Å²) < 4.78 is 5.78. The Morgan fingerprint density at radius 2 is 1.90 bits per heavy atom. The van der Waals surface area contributed by atoms with Gasteiger partial charge in [0, 0.05) is 22.3 Å². The summed E-state index contributed by atoms with van der Waals surface area (Å²) in [7, 11) is 0. The van der Waals surface area contributed by atoms with Crippen LogP contribution in [0.3, 0.4) is 0 Å². The number of thiocarbonyl (C=S) groups is 1. The number of benzene rings is 2. The van der Waals surface area contributed by atoms with Crippen molar-refractivity contribution in [1.82, 2.24) is 5.32 Å². The zero-order valence-corrected chi connectivity index (χ0v) is 19.3. The van der Waals surface area contributed by atoms with Gasteiger partial charge in [-0.05, 0) is 79.0 Å². The summed E-state index contributed by atoms with van der Waals surface area (Å²) in [6.45, 7) is 6.30. The lowest BCUT2D eigenvalue weighted by Gasteiger charge is -2.11. The highest BCUT2D eigenvalue weighted by atomic mass is 35.5. The highest BCUT2D eigenvalue weighted by molar-refractivity contribution is 7.80. The number of halogens is 1. The van der Waals surface area contributed by atoms with Crippen molar-refractivity contribution in [3.63, 3.8) is 0 Å². The largest absolute Gasteiger partial charge is 0.457 e. The molecule has 6 heteroatoms. The second-order valence-electron chi connectivity index (χ2n) is 7.37. The molecule has 3 rings (SSSR count). The van der Waals surface area contributed by atoms with Gasteiger partial charge < -0.3 is 9.73 Å². The van der Waals surface area contributed by atoms with E-state index in [0.717, 1.165) is 23.2 Å². The number of hydrogen-bond donors (Lipinski definition) is 2. The number of carbonyl (C=O) groups excluding carboxylic acids is 1. The Morgan fingerprint density at radius 1 is 1.16 bits per heavy atom. The van der Waals surface area contributed by atoms with Crippen LogP contribution in [0.2, 0.25) is 5.02 Å². The quantitative estimate of drug-likeness (QED) is 0.314. The van der Waals surface area contributed by atoms with Crippen molar-refractivity contribution in [3.05, 3.63) is 82.6 Å². The van der Waals surface area contributed by atoms with Crippen LogP contribution in [-0.2, 0) is 4.79 Å². The first kappa shape index (κ1) is 22.8. The minimum absolute atomic E-state index is 0.236. The van der Waals surface area contributed by atoms with E-state index in [9.17, 15) is 4.79 Å². The average molecular weight is 453 g/mol. The monoisotopic (exact) mass is 452 g/mol. The zero-order valence-electron chi connectivity index (χ0n) is 17.7. The molecule has 1 atom stereocenters. The van der Waals surface area contributed by atoms with E-state index in [4.69, 9.17) is 28.2 Å². The molecule has 1 aromatic heterocycles. The molecule has 0 aliphatic carbocycles. The maximum atomic E-state index is 12.2. The second kappa shape index (κ2) is 10.4. The van der Waals surface area contributed by atoms with Gasteiger partial charge in [-0.25, -0.2) is 0 Å². The first-order valence-corrected chi connectivity index (χ1v) is 10.9. The molecule has 0 radical (unpaired) electrons. The van der Waals surface area contributed by atoms with Crippen LogP contribution in [0.1, 0.15) is 43.1 Å². The fourth-order valence-electron chi connectivity index (χ4n) is 2.95. The smallest absolute Gasteiger partial charge is 0.250 e. The molecule has 0 saturated heterocycles. The number of anilines is 1. The standard InChI is InChI=1S/C25H25ClN2O2S/c1-4-16(2)18-7-9-20(10-8-18)27-25(31)28-24(29)14-12-21-11-13-23(30-21)19-6-5-17(3)22(26)15-19/h5-16H,4H2,1-3H3,(H2,27,28,29,31)/b14-12+/t16-/m1/s1. The molecule has 2 aromatic carbocycles. The van der Waals surface area contributed by atoms with Crippen LogP contribution in [-0.4, -0.2) is 11.0 Å². The van der Waals surface area contributed by atoms with Gasteiger partial charge in [-0.3, -0.25) is 10.1 Å². The molecule has 0 fully saturated rings. The van der Waals surface area contributed by atoms with Gasteiger partial charge in [0.2, 0.25) is 5.91 Å². The van der Waals surface area contributed by atoms with Gasteiger partial charge in [0.25, 0.3) is 0 Å². The predicted molar refractivity (Wildman–Crippen MR) is 132 cm³/mol. The van der Waals surface area contributed by atoms with Crippen LogP contribution in [0.15, 0.2) is 65.1 Å². The molecule has 4 nitrogen and oxygen atoms in total. The number of rotatable bonds is 6.